The molecule has 94 valence electrons. The van der Waals surface area contributed by atoms with Crippen molar-refractivity contribution in [3.8, 4) is 6.07 Å². The molecule has 1 heterocycles. The van der Waals surface area contributed by atoms with E-state index < -0.39 is 11.8 Å². The number of nitrogens with zero attached hydrogens (tertiary/aromatic N) is 2. The molecule has 2 rings (SSSR count). The first kappa shape index (κ1) is 12.5. The smallest absolute Gasteiger partial charge is 0.339 e. The molecule has 0 amide bonds. The molecular weight excluding hydrogens is 249 g/mol. The largest absolute Gasteiger partial charge is 0.478 e. The molecule has 0 aliphatic carbocycles. The van der Waals surface area contributed by atoms with Crippen LogP contribution < -0.4 is 5.32 Å². The second-order valence-corrected chi connectivity index (χ2v) is 3.66. The van der Waals surface area contributed by atoms with E-state index in [1.54, 1.807) is 0 Å². The van der Waals surface area contributed by atoms with Crippen molar-refractivity contribution in [3.05, 3.63) is 53.6 Å². The molecule has 0 aliphatic heterocycles. The summed E-state index contributed by atoms with van der Waals surface area (Å²) in [4.78, 5) is 14.7. The number of hydrogen-bond acceptors (Lipinski definition) is 4. The number of rotatable bonds is 3. The Balaban J connectivity index is 2.37. The Morgan fingerprint density at radius 3 is 2.79 bits per heavy atom. The number of carboxylic acids is 1. The van der Waals surface area contributed by atoms with Crippen molar-refractivity contribution in [2.45, 2.75) is 0 Å². The molecule has 0 atom stereocenters. The highest BCUT2D eigenvalue weighted by Crippen LogP contribution is 2.23. The van der Waals surface area contributed by atoms with Gasteiger partial charge < -0.3 is 10.4 Å². The first-order chi connectivity index (χ1) is 9.11. The molecule has 0 unspecified atom stereocenters. The average molecular weight is 257 g/mol. The Morgan fingerprint density at radius 1 is 1.37 bits per heavy atom. The van der Waals surface area contributed by atoms with Gasteiger partial charge in [0.05, 0.1) is 23.0 Å². The zero-order valence-electron chi connectivity index (χ0n) is 9.59. The highest BCUT2D eigenvalue weighted by molar-refractivity contribution is 5.94. The van der Waals surface area contributed by atoms with Crippen LogP contribution >= 0.6 is 0 Å². The molecule has 0 aliphatic rings. The lowest BCUT2D eigenvalue weighted by atomic mass is 10.2. The molecule has 0 saturated heterocycles. The van der Waals surface area contributed by atoms with Crippen LogP contribution in [-0.2, 0) is 0 Å². The van der Waals surface area contributed by atoms with Crippen molar-refractivity contribution in [2.75, 3.05) is 5.32 Å². The maximum Gasteiger partial charge on any atom is 0.339 e. The summed E-state index contributed by atoms with van der Waals surface area (Å²) < 4.78 is 13.7. The summed E-state index contributed by atoms with van der Waals surface area (Å²) in [6, 6.07) is 7.13. The van der Waals surface area contributed by atoms with E-state index in [0.717, 1.165) is 6.07 Å². The van der Waals surface area contributed by atoms with Crippen LogP contribution in [0.2, 0.25) is 0 Å². The van der Waals surface area contributed by atoms with Gasteiger partial charge in [0.2, 0.25) is 0 Å². The van der Waals surface area contributed by atoms with Gasteiger partial charge in [-0.05, 0) is 24.3 Å². The number of pyridine rings is 1. The molecule has 5 nitrogen and oxygen atoms in total. The molecule has 0 spiro atoms. The van der Waals surface area contributed by atoms with Gasteiger partial charge in [-0.3, -0.25) is 4.98 Å². The van der Waals surface area contributed by atoms with E-state index >= 15 is 0 Å². The predicted molar refractivity (Wildman–Crippen MR) is 65.6 cm³/mol. The predicted octanol–water partition coefficient (Wildman–Crippen LogP) is 2.53. The number of benzene rings is 1. The first-order valence-corrected chi connectivity index (χ1v) is 5.26. The third kappa shape index (κ3) is 2.66. The van der Waals surface area contributed by atoms with Gasteiger partial charge in [-0.15, -0.1) is 0 Å². The van der Waals surface area contributed by atoms with Crippen LogP contribution in [0.15, 0.2) is 36.7 Å². The van der Waals surface area contributed by atoms with Crippen LogP contribution in [0.4, 0.5) is 15.8 Å². The molecule has 0 saturated carbocycles. The quantitative estimate of drug-likeness (QED) is 0.882. The van der Waals surface area contributed by atoms with Crippen molar-refractivity contribution in [1.29, 1.82) is 5.26 Å². The lowest BCUT2D eigenvalue weighted by Gasteiger charge is -2.09. The molecule has 2 aromatic rings. The molecule has 6 heteroatoms. The Kier molecular flexibility index (Phi) is 3.39. The summed E-state index contributed by atoms with van der Waals surface area (Å²) in [6.45, 7) is 0. The van der Waals surface area contributed by atoms with Crippen molar-refractivity contribution < 1.29 is 14.3 Å². The Morgan fingerprint density at radius 2 is 2.16 bits per heavy atom. The van der Waals surface area contributed by atoms with Gasteiger partial charge in [0.1, 0.15) is 11.4 Å². The van der Waals surface area contributed by atoms with Gasteiger partial charge in [0.15, 0.2) is 0 Å². The Bertz CT molecular complexity index is 680. The molecule has 0 bridgehead atoms. The molecule has 1 aromatic heterocycles. The lowest BCUT2D eigenvalue weighted by molar-refractivity contribution is 0.0697. The van der Waals surface area contributed by atoms with Crippen LogP contribution in [0.25, 0.3) is 0 Å². The van der Waals surface area contributed by atoms with Crippen LogP contribution in [0.5, 0.6) is 0 Å². The minimum Gasteiger partial charge on any atom is -0.478 e. The monoisotopic (exact) mass is 257 g/mol. The molecular formula is C13H8FN3O2. The molecule has 0 fully saturated rings. The number of hydrogen-bond donors (Lipinski definition) is 2. The number of nitrogens with one attached hydrogen (secondary N) is 1. The zero-order chi connectivity index (χ0) is 13.8. The van der Waals surface area contributed by atoms with E-state index in [1.165, 1.54) is 30.6 Å². The third-order valence-electron chi connectivity index (χ3n) is 2.42. The summed E-state index contributed by atoms with van der Waals surface area (Å²) in [5.41, 5.74) is 0.446. The molecule has 2 N–H and O–H groups in total. The summed E-state index contributed by atoms with van der Waals surface area (Å²) in [6.07, 6.45) is 2.57. The summed E-state index contributed by atoms with van der Waals surface area (Å²) in [5, 5.41) is 20.3. The Labute approximate surface area is 108 Å². The fraction of sp³-hybridized carbons (Fsp3) is 0. The van der Waals surface area contributed by atoms with Crippen LogP contribution in [0, 0.1) is 17.1 Å². The minimum absolute atomic E-state index is 0.0636. The number of nitriles is 1. The SMILES string of the molecule is N#Cc1ccc(Nc2ccncc2C(=O)O)c(F)c1. The molecule has 19 heavy (non-hydrogen) atoms. The van der Waals surface area contributed by atoms with Gasteiger partial charge in [-0.1, -0.05) is 0 Å². The zero-order valence-corrected chi connectivity index (χ0v) is 9.59. The van der Waals surface area contributed by atoms with Gasteiger partial charge in [-0.25, -0.2) is 9.18 Å². The van der Waals surface area contributed by atoms with Crippen molar-refractivity contribution in [3.63, 3.8) is 0 Å². The molecule has 0 radical (unpaired) electrons. The summed E-state index contributed by atoms with van der Waals surface area (Å²) in [7, 11) is 0. The maximum atomic E-state index is 13.7. The number of carbonyl (C=O) groups is 1. The van der Waals surface area contributed by atoms with Crippen LogP contribution in [0.1, 0.15) is 15.9 Å². The van der Waals surface area contributed by atoms with E-state index in [0.29, 0.717) is 0 Å². The second kappa shape index (κ2) is 5.14. The first-order valence-electron chi connectivity index (χ1n) is 5.26. The third-order valence-corrected chi connectivity index (χ3v) is 2.42. The van der Waals surface area contributed by atoms with E-state index in [4.69, 9.17) is 10.4 Å². The molecule has 1 aromatic carbocycles. The van der Waals surface area contributed by atoms with Gasteiger partial charge in [0, 0.05) is 12.4 Å². The number of anilines is 2. The van der Waals surface area contributed by atoms with E-state index in [2.05, 4.69) is 10.3 Å². The van der Waals surface area contributed by atoms with Crippen LogP contribution in [-0.4, -0.2) is 16.1 Å². The number of halogens is 1. The highest BCUT2D eigenvalue weighted by atomic mass is 19.1. The van der Waals surface area contributed by atoms with E-state index in [9.17, 15) is 9.18 Å². The summed E-state index contributed by atoms with van der Waals surface area (Å²) >= 11 is 0. The fourth-order valence-electron chi connectivity index (χ4n) is 1.50. The topological polar surface area (TPSA) is 86.0 Å². The van der Waals surface area contributed by atoms with Gasteiger partial charge in [-0.2, -0.15) is 5.26 Å². The highest BCUT2D eigenvalue weighted by Gasteiger charge is 2.11. The number of carboxylic acid groups (broad SMARTS) is 1. The lowest BCUT2D eigenvalue weighted by Crippen LogP contribution is -2.04. The van der Waals surface area contributed by atoms with E-state index in [-0.39, 0.29) is 22.5 Å². The standard InChI is InChI=1S/C13H8FN3O2/c14-10-5-8(6-15)1-2-12(10)17-11-3-4-16-7-9(11)13(18)19/h1-5,7H,(H,16,17)(H,18,19). The van der Waals surface area contributed by atoms with Crippen LogP contribution in [0.3, 0.4) is 0 Å². The fourth-order valence-corrected chi connectivity index (χ4v) is 1.50. The minimum atomic E-state index is -1.16. The van der Waals surface area contributed by atoms with Gasteiger partial charge >= 0.3 is 5.97 Å². The Hall–Kier alpha value is -2.94. The maximum absolute atomic E-state index is 13.7. The van der Waals surface area contributed by atoms with Crippen molar-refractivity contribution >= 4 is 17.3 Å². The van der Waals surface area contributed by atoms with Crippen molar-refractivity contribution in [2.24, 2.45) is 0 Å². The number of aromatic nitrogens is 1. The summed E-state index contributed by atoms with van der Waals surface area (Å²) in [5.74, 6) is -1.79. The van der Waals surface area contributed by atoms with Gasteiger partial charge in [0.25, 0.3) is 0 Å². The van der Waals surface area contributed by atoms with E-state index in [1.807, 2.05) is 6.07 Å². The van der Waals surface area contributed by atoms with Crippen molar-refractivity contribution in [1.82, 2.24) is 4.98 Å². The normalized spacial score (nSPS) is 9.68. The second-order valence-electron chi connectivity index (χ2n) is 3.66. The number of aromatic carboxylic acids is 1. The average Bonchev–Trinajstić information content (AvgIpc) is 2.41.